The average Bonchev–Trinajstić information content (AvgIpc) is 3.19. The zero-order chi connectivity index (χ0) is 24.0. The van der Waals surface area contributed by atoms with Crippen molar-refractivity contribution in [1.29, 1.82) is 0 Å². The van der Waals surface area contributed by atoms with Crippen LogP contribution in [-0.4, -0.2) is 11.1 Å². The zero-order valence-corrected chi connectivity index (χ0v) is 21.1. The molecule has 5 rings (SSSR count). The first-order valence-corrected chi connectivity index (χ1v) is 12.7. The number of thioether (sulfide) groups is 1. The predicted octanol–water partition coefficient (Wildman–Crippen LogP) is 7.84. The molecule has 1 amide bonds. The summed E-state index contributed by atoms with van der Waals surface area (Å²) < 4.78 is 7.02. The third-order valence-electron chi connectivity index (χ3n) is 5.28. The second kappa shape index (κ2) is 10.8. The highest BCUT2D eigenvalue weighted by Gasteiger charge is 2.34. The lowest BCUT2D eigenvalue weighted by Crippen LogP contribution is -2.28. The summed E-state index contributed by atoms with van der Waals surface area (Å²) in [4.78, 5) is 20.5. The summed E-state index contributed by atoms with van der Waals surface area (Å²) in [5.74, 6) is 0.646. The fourth-order valence-corrected chi connectivity index (χ4v) is 4.82. The van der Waals surface area contributed by atoms with Crippen LogP contribution in [0.5, 0.6) is 5.75 Å². The maximum atomic E-state index is 13.5. The van der Waals surface area contributed by atoms with Crippen molar-refractivity contribution in [3.63, 3.8) is 0 Å². The van der Waals surface area contributed by atoms with Crippen molar-refractivity contribution in [2.75, 3.05) is 4.90 Å². The first-order valence-electron chi connectivity index (χ1n) is 11.1. The van der Waals surface area contributed by atoms with Crippen molar-refractivity contribution in [3.05, 3.63) is 130 Å². The summed E-state index contributed by atoms with van der Waals surface area (Å²) in [6, 6.07) is 35.1. The van der Waals surface area contributed by atoms with E-state index in [1.54, 1.807) is 4.90 Å². The molecule has 0 saturated carbocycles. The SMILES string of the molecule is O=C1/C(=C/c2cccc(OCc3ccc(Br)cc3)c2)SC(=Nc2ccccc2)N1c1ccccc1. The highest BCUT2D eigenvalue weighted by Crippen LogP contribution is 2.37. The molecule has 1 aliphatic rings. The van der Waals surface area contributed by atoms with Gasteiger partial charge in [0.1, 0.15) is 12.4 Å². The van der Waals surface area contributed by atoms with E-state index in [0.29, 0.717) is 16.7 Å². The molecule has 0 N–H and O–H groups in total. The molecule has 0 aromatic heterocycles. The summed E-state index contributed by atoms with van der Waals surface area (Å²) in [7, 11) is 0. The van der Waals surface area contributed by atoms with Crippen molar-refractivity contribution < 1.29 is 9.53 Å². The summed E-state index contributed by atoms with van der Waals surface area (Å²) in [6.07, 6.45) is 1.89. The van der Waals surface area contributed by atoms with E-state index in [1.807, 2.05) is 115 Å². The predicted molar refractivity (Wildman–Crippen MR) is 148 cm³/mol. The number of aliphatic imine (C=N–C) groups is 1. The lowest BCUT2D eigenvalue weighted by Gasteiger charge is -2.15. The molecule has 1 aliphatic heterocycles. The average molecular weight is 541 g/mol. The highest BCUT2D eigenvalue weighted by molar-refractivity contribution is 9.10. The summed E-state index contributed by atoms with van der Waals surface area (Å²) in [6.45, 7) is 0.469. The van der Waals surface area contributed by atoms with Gasteiger partial charge in [0.2, 0.25) is 0 Å². The monoisotopic (exact) mass is 540 g/mol. The van der Waals surface area contributed by atoms with Crippen LogP contribution in [-0.2, 0) is 11.4 Å². The van der Waals surface area contributed by atoms with Crippen LogP contribution in [0.1, 0.15) is 11.1 Å². The Kier molecular flexibility index (Phi) is 7.12. The second-order valence-corrected chi connectivity index (χ2v) is 9.73. The molecule has 0 unspecified atom stereocenters. The van der Waals surface area contributed by atoms with Crippen LogP contribution in [0.15, 0.2) is 124 Å². The van der Waals surface area contributed by atoms with E-state index < -0.39 is 0 Å². The first-order chi connectivity index (χ1) is 17.2. The molecule has 0 atom stereocenters. The lowest BCUT2D eigenvalue weighted by atomic mass is 10.2. The molecular formula is C29H21BrN2O2S. The van der Waals surface area contributed by atoms with Crippen LogP contribution in [0.25, 0.3) is 6.08 Å². The minimum Gasteiger partial charge on any atom is -0.489 e. The summed E-state index contributed by atoms with van der Waals surface area (Å²) in [5, 5.41) is 0.626. The number of rotatable bonds is 6. The molecule has 6 heteroatoms. The first kappa shape index (κ1) is 23.1. The molecule has 1 fully saturated rings. The Labute approximate surface area is 217 Å². The van der Waals surface area contributed by atoms with E-state index in [4.69, 9.17) is 9.73 Å². The largest absolute Gasteiger partial charge is 0.489 e. The van der Waals surface area contributed by atoms with Crippen LogP contribution in [0.3, 0.4) is 0 Å². The Morgan fingerprint density at radius 1 is 0.857 bits per heavy atom. The molecule has 0 radical (unpaired) electrons. The van der Waals surface area contributed by atoms with Crippen molar-refractivity contribution in [2.45, 2.75) is 6.61 Å². The van der Waals surface area contributed by atoms with Crippen molar-refractivity contribution in [3.8, 4) is 5.75 Å². The van der Waals surface area contributed by atoms with Crippen LogP contribution in [0, 0.1) is 0 Å². The fraction of sp³-hybridized carbons (Fsp3) is 0.0345. The molecule has 0 bridgehead atoms. The Morgan fingerprint density at radius 3 is 2.31 bits per heavy atom. The normalized spacial score (nSPS) is 15.7. The van der Waals surface area contributed by atoms with Gasteiger partial charge in [0, 0.05) is 4.47 Å². The van der Waals surface area contributed by atoms with Crippen molar-refractivity contribution in [2.24, 2.45) is 4.99 Å². The Balaban J connectivity index is 1.41. The Hall–Kier alpha value is -3.61. The number of amides is 1. The summed E-state index contributed by atoms with van der Waals surface area (Å²) >= 11 is 4.82. The van der Waals surface area contributed by atoms with E-state index in [-0.39, 0.29) is 5.91 Å². The van der Waals surface area contributed by atoms with Gasteiger partial charge in [-0.05, 0) is 77.5 Å². The van der Waals surface area contributed by atoms with Gasteiger partial charge in [-0.1, -0.05) is 76.6 Å². The minimum absolute atomic E-state index is 0.0999. The quantitative estimate of drug-likeness (QED) is 0.234. The minimum atomic E-state index is -0.0999. The number of nitrogens with zero attached hydrogens (tertiary/aromatic N) is 2. The third-order valence-corrected chi connectivity index (χ3v) is 6.77. The zero-order valence-electron chi connectivity index (χ0n) is 18.7. The highest BCUT2D eigenvalue weighted by atomic mass is 79.9. The van der Waals surface area contributed by atoms with Crippen LogP contribution >= 0.6 is 27.7 Å². The van der Waals surface area contributed by atoms with Gasteiger partial charge in [-0.3, -0.25) is 9.69 Å². The Bertz CT molecular complexity index is 1390. The molecule has 4 nitrogen and oxygen atoms in total. The van der Waals surface area contributed by atoms with Crippen LogP contribution < -0.4 is 9.64 Å². The van der Waals surface area contributed by atoms with Gasteiger partial charge in [0.25, 0.3) is 5.91 Å². The van der Waals surface area contributed by atoms with Crippen LogP contribution in [0.4, 0.5) is 11.4 Å². The number of amidine groups is 1. The van der Waals surface area contributed by atoms with Crippen molar-refractivity contribution in [1.82, 2.24) is 0 Å². The third kappa shape index (κ3) is 5.73. The van der Waals surface area contributed by atoms with Crippen molar-refractivity contribution >= 4 is 56.2 Å². The smallest absolute Gasteiger partial charge is 0.271 e. The van der Waals surface area contributed by atoms with Gasteiger partial charge in [-0.25, -0.2) is 4.99 Å². The molecule has 1 heterocycles. The Morgan fingerprint density at radius 2 is 1.57 bits per heavy atom. The molecule has 172 valence electrons. The standard InChI is InChI=1S/C29H21BrN2O2S/c30-23-16-14-21(15-17-23)20-34-26-13-7-8-22(18-26)19-27-28(33)32(25-11-5-2-6-12-25)29(35-27)31-24-9-3-1-4-10-24/h1-19H,20H2/b27-19-,31-29?. The number of hydrogen-bond donors (Lipinski definition) is 0. The second-order valence-electron chi connectivity index (χ2n) is 7.80. The van der Waals surface area contributed by atoms with E-state index in [0.717, 1.165) is 32.7 Å². The number of para-hydroxylation sites is 2. The van der Waals surface area contributed by atoms with Gasteiger partial charge in [0.05, 0.1) is 16.3 Å². The number of anilines is 1. The molecule has 4 aromatic rings. The van der Waals surface area contributed by atoms with Gasteiger partial charge in [-0.15, -0.1) is 0 Å². The van der Waals surface area contributed by atoms with E-state index in [2.05, 4.69) is 15.9 Å². The molecule has 1 saturated heterocycles. The molecule has 35 heavy (non-hydrogen) atoms. The van der Waals surface area contributed by atoms with Gasteiger partial charge in [0.15, 0.2) is 5.17 Å². The molecule has 0 spiro atoms. The summed E-state index contributed by atoms with van der Waals surface area (Å²) in [5.41, 5.74) is 3.56. The fourth-order valence-electron chi connectivity index (χ4n) is 3.56. The van der Waals surface area contributed by atoms with Gasteiger partial charge >= 0.3 is 0 Å². The van der Waals surface area contributed by atoms with Crippen LogP contribution in [0.2, 0.25) is 0 Å². The number of ether oxygens (including phenoxy) is 1. The number of hydrogen-bond acceptors (Lipinski definition) is 4. The number of carbonyl (C=O) groups is 1. The topological polar surface area (TPSA) is 41.9 Å². The number of benzene rings is 4. The van der Waals surface area contributed by atoms with Gasteiger partial charge in [-0.2, -0.15) is 0 Å². The van der Waals surface area contributed by atoms with E-state index in [1.165, 1.54) is 11.8 Å². The van der Waals surface area contributed by atoms with E-state index in [9.17, 15) is 4.79 Å². The molecular weight excluding hydrogens is 520 g/mol. The van der Waals surface area contributed by atoms with E-state index >= 15 is 0 Å². The lowest BCUT2D eigenvalue weighted by molar-refractivity contribution is -0.113. The van der Waals surface area contributed by atoms with Gasteiger partial charge < -0.3 is 4.74 Å². The molecule has 0 aliphatic carbocycles. The number of carbonyl (C=O) groups excluding carboxylic acids is 1. The number of halogens is 1. The maximum absolute atomic E-state index is 13.5. The molecule has 4 aromatic carbocycles. The maximum Gasteiger partial charge on any atom is 0.271 e.